The maximum absolute atomic E-state index is 13.2. The number of carboxylic acids is 1. The van der Waals surface area contributed by atoms with Gasteiger partial charge in [-0.1, -0.05) is 13.8 Å². The molecule has 3 nitrogen and oxygen atoms in total. The van der Waals surface area contributed by atoms with Gasteiger partial charge in [-0.2, -0.15) is 0 Å². The van der Waals surface area contributed by atoms with E-state index in [-0.39, 0.29) is 5.56 Å². The quantitative estimate of drug-likeness (QED) is 0.915. The summed E-state index contributed by atoms with van der Waals surface area (Å²) in [5.74, 6) is -0.221. The second-order valence-corrected chi connectivity index (χ2v) is 5.89. The molecule has 2 rings (SSSR count). The lowest BCUT2D eigenvalue weighted by Crippen LogP contribution is -2.26. The fourth-order valence-electron chi connectivity index (χ4n) is 2.99. The smallest absolute Gasteiger partial charge is 0.337 e. The highest BCUT2D eigenvalue weighted by Crippen LogP contribution is 2.29. The predicted octanol–water partition coefficient (Wildman–Crippen LogP) is 3.79. The Morgan fingerprint density at radius 1 is 1.35 bits per heavy atom. The maximum Gasteiger partial charge on any atom is 0.337 e. The first kappa shape index (κ1) is 14.8. The van der Waals surface area contributed by atoms with Gasteiger partial charge >= 0.3 is 5.97 Å². The molecule has 1 aromatic carbocycles. The topological polar surface area (TPSA) is 40.5 Å². The molecule has 20 heavy (non-hydrogen) atoms. The van der Waals surface area contributed by atoms with Gasteiger partial charge in [-0.05, 0) is 49.3 Å². The summed E-state index contributed by atoms with van der Waals surface area (Å²) in [6.45, 7) is 6.16. The first-order valence-corrected chi connectivity index (χ1v) is 7.27. The van der Waals surface area contributed by atoms with Gasteiger partial charge in [0.15, 0.2) is 0 Å². The Balaban J connectivity index is 2.21. The molecular formula is C16H22FNO2. The molecule has 110 valence electrons. The van der Waals surface area contributed by atoms with Crippen LogP contribution < -0.4 is 4.90 Å². The van der Waals surface area contributed by atoms with Crippen LogP contribution in [0, 0.1) is 17.7 Å². The highest BCUT2D eigenvalue weighted by atomic mass is 19.1. The van der Waals surface area contributed by atoms with Gasteiger partial charge in [0.2, 0.25) is 0 Å². The number of halogens is 1. The lowest BCUT2D eigenvalue weighted by atomic mass is 9.89. The van der Waals surface area contributed by atoms with E-state index in [1.54, 1.807) is 6.07 Å². The van der Waals surface area contributed by atoms with Crippen LogP contribution in [0.2, 0.25) is 0 Å². The van der Waals surface area contributed by atoms with Crippen molar-refractivity contribution < 1.29 is 14.3 Å². The van der Waals surface area contributed by atoms with Gasteiger partial charge in [-0.25, -0.2) is 9.18 Å². The van der Waals surface area contributed by atoms with Crippen molar-refractivity contribution in [2.24, 2.45) is 11.8 Å². The van der Waals surface area contributed by atoms with E-state index in [2.05, 4.69) is 18.7 Å². The second kappa shape index (κ2) is 6.25. The van der Waals surface area contributed by atoms with Crippen molar-refractivity contribution in [1.82, 2.24) is 0 Å². The zero-order chi connectivity index (χ0) is 14.7. The Morgan fingerprint density at radius 3 is 2.75 bits per heavy atom. The van der Waals surface area contributed by atoms with Crippen LogP contribution in [0.15, 0.2) is 18.2 Å². The van der Waals surface area contributed by atoms with Gasteiger partial charge in [0.1, 0.15) is 5.82 Å². The number of benzene rings is 1. The zero-order valence-corrected chi connectivity index (χ0v) is 12.1. The summed E-state index contributed by atoms with van der Waals surface area (Å²) >= 11 is 0. The highest BCUT2D eigenvalue weighted by molar-refractivity contribution is 5.94. The van der Waals surface area contributed by atoms with Crippen molar-refractivity contribution in [2.75, 3.05) is 18.0 Å². The molecular weight excluding hydrogens is 257 g/mol. The van der Waals surface area contributed by atoms with Crippen LogP contribution in [-0.4, -0.2) is 24.2 Å². The van der Waals surface area contributed by atoms with E-state index >= 15 is 0 Å². The molecule has 0 aromatic heterocycles. The minimum absolute atomic E-state index is 0.0630. The molecule has 0 radical (unpaired) electrons. The number of carboxylic acid groups (broad SMARTS) is 1. The Hall–Kier alpha value is -1.58. The van der Waals surface area contributed by atoms with Gasteiger partial charge in [0, 0.05) is 13.1 Å². The minimum atomic E-state index is -1.07. The summed E-state index contributed by atoms with van der Waals surface area (Å²) < 4.78 is 13.2. The number of hydrogen-bond donors (Lipinski definition) is 1. The van der Waals surface area contributed by atoms with Crippen LogP contribution in [-0.2, 0) is 0 Å². The number of hydrogen-bond acceptors (Lipinski definition) is 2. The number of carbonyl (C=O) groups is 1. The molecule has 4 heteroatoms. The fraction of sp³-hybridized carbons (Fsp3) is 0.562. The predicted molar refractivity (Wildman–Crippen MR) is 77.8 cm³/mol. The highest BCUT2D eigenvalue weighted by Gasteiger charge is 2.22. The standard InChI is InChI=1S/C16H22FNO2/c1-11(2)12-4-3-8-18(9-7-12)15-6-5-13(17)10-14(15)16(19)20/h5-6,10-12H,3-4,7-9H2,1-2H3,(H,19,20). The van der Waals surface area contributed by atoms with E-state index < -0.39 is 11.8 Å². The van der Waals surface area contributed by atoms with E-state index in [0.717, 1.165) is 32.0 Å². The van der Waals surface area contributed by atoms with Crippen LogP contribution in [0.5, 0.6) is 0 Å². The molecule has 1 saturated heterocycles. The third-order valence-electron chi connectivity index (χ3n) is 4.25. The molecule has 0 bridgehead atoms. The number of aromatic carboxylic acids is 1. The van der Waals surface area contributed by atoms with Gasteiger partial charge in [-0.15, -0.1) is 0 Å². The van der Waals surface area contributed by atoms with Crippen LogP contribution >= 0.6 is 0 Å². The van der Waals surface area contributed by atoms with Crippen molar-refractivity contribution >= 4 is 11.7 Å². The van der Waals surface area contributed by atoms with Gasteiger partial charge < -0.3 is 10.0 Å². The number of anilines is 1. The second-order valence-electron chi connectivity index (χ2n) is 5.89. The summed E-state index contributed by atoms with van der Waals surface area (Å²) in [5, 5.41) is 9.24. The Bertz CT molecular complexity index is 487. The molecule has 1 heterocycles. The first-order chi connectivity index (χ1) is 9.49. The van der Waals surface area contributed by atoms with Gasteiger partial charge in [0.25, 0.3) is 0 Å². The zero-order valence-electron chi connectivity index (χ0n) is 12.1. The maximum atomic E-state index is 13.2. The van der Waals surface area contributed by atoms with Crippen molar-refractivity contribution in [2.45, 2.75) is 33.1 Å². The summed E-state index contributed by atoms with van der Waals surface area (Å²) in [6.07, 6.45) is 3.30. The van der Waals surface area contributed by atoms with E-state index in [0.29, 0.717) is 17.5 Å². The van der Waals surface area contributed by atoms with Gasteiger partial charge in [0.05, 0.1) is 11.3 Å². The molecule has 0 spiro atoms. The number of nitrogens with zero attached hydrogens (tertiary/aromatic N) is 1. The normalized spacial score (nSPS) is 20.0. The summed E-state index contributed by atoms with van der Waals surface area (Å²) in [6, 6.07) is 4.05. The fourth-order valence-corrected chi connectivity index (χ4v) is 2.99. The molecule has 1 atom stereocenters. The lowest BCUT2D eigenvalue weighted by molar-refractivity contribution is 0.0697. The monoisotopic (exact) mass is 279 g/mol. The largest absolute Gasteiger partial charge is 0.478 e. The molecule has 1 aliphatic heterocycles. The van der Waals surface area contributed by atoms with Crippen LogP contribution in [0.1, 0.15) is 43.5 Å². The third kappa shape index (κ3) is 3.30. The molecule has 0 amide bonds. The molecule has 0 saturated carbocycles. The molecule has 1 fully saturated rings. The Labute approximate surface area is 119 Å². The Kier molecular flexibility index (Phi) is 4.63. The Morgan fingerprint density at radius 2 is 2.10 bits per heavy atom. The van der Waals surface area contributed by atoms with Crippen LogP contribution in [0.4, 0.5) is 10.1 Å². The molecule has 1 N–H and O–H groups in total. The van der Waals surface area contributed by atoms with Crippen molar-refractivity contribution in [1.29, 1.82) is 0 Å². The lowest BCUT2D eigenvalue weighted by Gasteiger charge is -2.25. The van der Waals surface area contributed by atoms with E-state index in [4.69, 9.17) is 0 Å². The average molecular weight is 279 g/mol. The average Bonchev–Trinajstić information content (AvgIpc) is 2.64. The minimum Gasteiger partial charge on any atom is -0.478 e. The summed E-state index contributed by atoms with van der Waals surface area (Å²) in [4.78, 5) is 13.4. The van der Waals surface area contributed by atoms with E-state index in [1.807, 2.05) is 0 Å². The van der Waals surface area contributed by atoms with Crippen molar-refractivity contribution in [3.63, 3.8) is 0 Å². The summed E-state index contributed by atoms with van der Waals surface area (Å²) in [7, 11) is 0. The molecule has 1 unspecified atom stereocenters. The van der Waals surface area contributed by atoms with Crippen LogP contribution in [0.25, 0.3) is 0 Å². The van der Waals surface area contributed by atoms with Crippen molar-refractivity contribution in [3.8, 4) is 0 Å². The SMILES string of the molecule is CC(C)C1CCCN(c2ccc(F)cc2C(=O)O)CC1. The van der Waals surface area contributed by atoms with Crippen LogP contribution in [0.3, 0.4) is 0 Å². The summed E-state index contributed by atoms with van der Waals surface area (Å²) in [5.41, 5.74) is 0.705. The molecule has 1 aliphatic rings. The molecule has 0 aliphatic carbocycles. The first-order valence-electron chi connectivity index (χ1n) is 7.27. The number of rotatable bonds is 3. The third-order valence-corrected chi connectivity index (χ3v) is 4.25. The van der Waals surface area contributed by atoms with Crippen molar-refractivity contribution in [3.05, 3.63) is 29.6 Å². The molecule has 1 aromatic rings. The van der Waals surface area contributed by atoms with Gasteiger partial charge in [-0.3, -0.25) is 0 Å². The van der Waals surface area contributed by atoms with E-state index in [1.165, 1.54) is 12.5 Å². The van der Waals surface area contributed by atoms with E-state index in [9.17, 15) is 14.3 Å².